The fraction of sp³-hybridized carbons (Fsp3) is 0.435. The van der Waals surface area contributed by atoms with Crippen molar-refractivity contribution in [2.24, 2.45) is 5.92 Å². The highest BCUT2D eigenvalue weighted by molar-refractivity contribution is 7.89. The molecule has 7 nitrogen and oxygen atoms in total. The lowest BCUT2D eigenvalue weighted by Gasteiger charge is -2.31. The summed E-state index contributed by atoms with van der Waals surface area (Å²) >= 11 is 0. The molecule has 1 unspecified atom stereocenters. The third-order valence-corrected chi connectivity index (χ3v) is 8.02. The molecule has 2 aromatic carbocycles. The van der Waals surface area contributed by atoms with Crippen molar-refractivity contribution in [2.75, 3.05) is 26.3 Å². The maximum absolute atomic E-state index is 13.3. The van der Waals surface area contributed by atoms with E-state index in [1.807, 2.05) is 19.1 Å². The number of sulfonamides is 1. The lowest BCUT2D eigenvalue weighted by atomic mass is 9.96. The summed E-state index contributed by atoms with van der Waals surface area (Å²) < 4.78 is 77.9. The van der Waals surface area contributed by atoms with Crippen molar-refractivity contribution in [1.29, 1.82) is 0 Å². The lowest BCUT2D eigenvalue weighted by Crippen LogP contribution is -2.43. The molecule has 184 valence electrons. The molecule has 2 aromatic rings. The van der Waals surface area contributed by atoms with Crippen molar-refractivity contribution in [1.82, 2.24) is 9.62 Å². The lowest BCUT2D eigenvalue weighted by molar-refractivity contribution is -0.139. The number of rotatable bonds is 5. The monoisotopic (exact) mass is 498 g/mol. The minimum Gasteiger partial charge on any atom is -0.486 e. The quantitative estimate of drug-likeness (QED) is 0.679. The van der Waals surface area contributed by atoms with Crippen LogP contribution < -0.4 is 14.8 Å². The number of hydrogen-bond acceptors (Lipinski definition) is 5. The predicted octanol–water partition coefficient (Wildman–Crippen LogP) is 3.75. The van der Waals surface area contributed by atoms with E-state index in [9.17, 15) is 26.4 Å². The van der Waals surface area contributed by atoms with E-state index in [0.717, 1.165) is 28.1 Å². The van der Waals surface area contributed by atoms with Gasteiger partial charge in [0.25, 0.3) is 0 Å². The van der Waals surface area contributed by atoms with E-state index in [0.29, 0.717) is 24.7 Å². The number of ether oxygens (including phenoxy) is 2. The highest BCUT2D eigenvalue weighted by Gasteiger charge is 2.40. The molecule has 34 heavy (non-hydrogen) atoms. The van der Waals surface area contributed by atoms with Gasteiger partial charge in [0.05, 0.1) is 16.5 Å². The Morgan fingerprint density at radius 3 is 2.38 bits per heavy atom. The molecule has 0 saturated carbocycles. The molecule has 1 atom stereocenters. The maximum Gasteiger partial charge on any atom is 0.417 e. The van der Waals surface area contributed by atoms with Crippen LogP contribution in [-0.2, 0) is 21.0 Å². The van der Waals surface area contributed by atoms with Crippen LogP contribution in [0, 0.1) is 5.92 Å². The van der Waals surface area contributed by atoms with E-state index in [1.165, 1.54) is 6.07 Å². The van der Waals surface area contributed by atoms with E-state index in [4.69, 9.17) is 9.47 Å². The molecule has 0 spiro atoms. The number of nitrogens with one attached hydrogen (secondary N) is 1. The van der Waals surface area contributed by atoms with Crippen LogP contribution in [-0.4, -0.2) is 44.9 Å². The number of hydrogen-bond donors (Lipinski definition) is 1. The number of carbonyl (C=O) groups excluding carboxylic acids is 1. The van der Waals surface area contributed by atoms with Gasteiger partial charge in [-0.25, -0.2) is 8.42 Å². The van der Waals surface area contributed by atoms with Gasteiger partial charge in [0.1, 0.15) is 13.2 Å². The summed E-state index contributed by atoms with van der Waals surface area (Å²) in [7, 11) is -4.34. The van der Waals surface area contributed by atoms with Crippen molar-refractivity contribution in [3.63, 3.8) is 0 Å². The third-order valence-electron chi connectivity index (χ3n) is 6.06. The zero-order valence-corrected chi connectivity index (χ0v) is 19.3. The Morgan fingerprint density at radius 1 is 1.06 bits per heavy atom. The van der Waals surface area contributed by atoms with E-state index in [1.54, 1.807) is 6.07 Å². The van der Waals surface area contributed by atoms with Gasteiger partial charge < -0.3 is 14.8 Å². The summed E-state index contributed by atoms with van der Waals surface area (Å²) in [5, 5.41) is 2.93. The van der Waals surface area contributed by atoms with Crippen LogP contribution in [0.5, 0.6) is 11.5 Å². The minimum atomic E-state index is -4.79. The Hall–Kier alpha value is -2.79. The number of piperidine rings is 1. The van der Waals surface area contributed by atoms with Gasteiger partial charge in [-0.2, -0.15) is 17.5 Å². The molecule has 0 bridgehead atoms. The summed E-state index contributed by atoms with van der Waals surface area (Å²) in [6.07, 6.45) is -4.36. The number of alkyl halides is 3. The smallest absolute Gasteiger partial charge is 0.417 e. The minimum absolute atomic E-state index is 0.0367. The normalized spacial score (nSPS) is 18.4. The van der Waals surface area contributed by atoms with Crippen molar-refractivity contribution in [3.05, 3.63) is 53.6 Å². The van der Waals surface area contributed by atoms with Gasteiger partial charge in [0.2, 0.25) is 15.9 Å². The summed E-state index contributed by atoms with van der Waals surface area (Å²) in [4.78, 5) is 12.0. The van der Waals surface area contributed by atoms with Crippen LogP contribution in [0.2, 0.25) is 0 Å². The van der Waals surface area contributed by atoms with Crippen LogP contribution in [0.1, 0.15) is 36.9 Å². The second-order valence-corrected chi connectivity index (χ2v) is 10.2. The van der Waals surface area contributed by atoms with Crippen LogP contribution in [0.15, 0.2) is 47.4 Å². The summed E-state index contributed by atoms with van der Waals surface area (Å²) in [6.45, 7) is 2.69. The SMILES string of the molecule is CC(NC(=O)C1CCN(S(=O)(=O)c2ccccc2C(F)(F)F)CC1)c1ccc2c(c1)OCCO2. The van der Waals surface area contributed by atoms with E-state index < -0.39 is 32.6 Å². The van der Waals surface area contributed by atoms with E-state index in [2.05, 4.69) is 5.32 Å². The number of carbonyl (C=O) groups is 1. The fourth-order valence-electron chi connectivity index (χ4n) is 4.17. The Bertz CT molecular complexity index is 1160. The molecule has 1 saturated heterocycles. The molecular weight excluding hydrogens is 473 g/mol. The summed E-state index contributed by atoms with van der Waals surface area (Å²) in [5.41, 5.74) is -0.357. The topological polar surface area (TPSA) is 84.9 Å². The maximum atomic E-state index is 13.3. The number of fused-ring (bicyclic) bond motifs is 1. The number of nitrogens with zero attached hydrogens (tertiary/aromatic N) is 1. The average molecular weight is 499 g/mol. The first-order chi connectivity index (χ1) is 16.1. The van der Waals surface area contributed by atoms with Crippen LogP contribution in [0.25, 0.3) is 0 Å². The fourth-order valence-corrected chi connectivity index (χ4v) is 5.85. The molecule has 2 aliphatic heterocycles. The zero-order valence-electron chi connectivity index (χ0n) is 18.5. The second-order valence-electron chi connectivity index (χ2n) is 8.31. The van der Waals surface area contributed by atoms with Crippen LogP contribution in [0.4, 0.5) is 13.2 Å². The summed E-state index contributed by atoms with van der Waals surface area (Å²) in [5.74, 6) is 0.593. The first-order valence-corrected chi connectivity index (χ1v) is 12.4. The number of halogens is 3. The molecular formula is C23H25F3N2O5S. The van der Waals surface area contributed by atoms with E-state index >= 15 is 0 Å². The second kappa shape index (κ2) is 9.46. The first kappa shape index (κ1) is 24.3. The van der Waals surface area contributed by atoms with E-state index in [-0.39, 0.29) is 37.9 Å². The number of amides is 1. The van der Waals surface area contributed by atoms with Gasteiger partial charge in [0.15, 0.2) is 11.5 Å². The summed E-state index contributed by atoms with van der Waals surface area (Å²) in [6, 6.07) is 9.26. The Morgan fingerprint density at radius 2 is 1.71 bits per heavy atom. The Labute approximate surface area is 195 Å². The largest absolute Gasteiger partial charge is 0.486 e. The molecule has 1 amide bonds. The van der Waals surface area contributed by atoms with Crippen molar-refractivity contribution in [2.45, 2.75) is 36.9 Å². The Balaban J connectivity index is 1.39. The van der Waals surface area contributed by atoms with Crippen molar-refractivity contribution >= 4 is 15.9 Å². The van der Waals surface area contributed by atoms with Crippen LogP contribution in [0.3, 0.4) is 0 Å². The third kappa shape index (κ3) is 5.00. The molecule has 2 heterocycles. The molecule has 1 N–H and O–H groups in total. The highest BCUT2D eigenvalue weighted by Crippen LogP contribution is 2.36. The molecule has 0 aromatic heterocycles. The molecule has 1 fully saturated rings. The molecule has 2 aliphatic rings. The molecule has 4 rings (SSSR count). The van der Waals surface area contributed by atoms with Gasteiger partial charge in [-0.15, -0.1) is 0 Å². The van der Waals surface area contributed by atoms with Gasteiger partial charge in [0, 0.05) is 19.0 Å². The van der Waals surface area contributed by atoms with Crippen LogP contribution >= 0.6 is 0 Å². The van der Waals surface area contributed by atoms with Crippen molar-refractivity contribution in [3.8, 4) is 11.5 Å². The number of benzene rings is 2. The average Bonchev–Trinajstić information content (AvgIpc) is 2.83. The van der Waals surface area contributed by atoms with Crippen molar-refractivity contribution < 1.29 is 35.9 Å². The van der Waals surface area contributed by atoms with Gasteiger partial charge in [-0.1, -0.05) is 18.2 Å². The van der Waals surface area contributed by atoms with Gasteiger partial charge in [-0.05, 0) is 49.6 Å². The standard InChI is InChI=1S/C23H25F3N2O5S/c1-15(17-6-7-19-20(14-17)33-13-12-32-19)27-22(29)16-8-10-28(11-9-16)34(30,31)21-5-3-2-4-18(21)23(24,25)26/h2-7,14-16H,8-13H2,1H3,(H,27,29). The first-order valence-electron chi connectivity index (χ1n) is 10.9. The highest BCUT2D eigenvalue weighted by atomic mass is 32.2. The molecule has 0 aliphatic carbocycles. The van der Waals surface area contributed by atoms with Gasteiger partial charge in [-0.3, -0.25) is 4.79 Å². The zero-order chi connectivity index (χ0) is 24.5. The predicted molar refractivity (Wildman–Crippen MR) is 117 cm³/mol. The molecule has 0 radical (unpaired) electrons. The van der Waals surface area contributed by atoms with Gasteiger partial charge >= 0.3 is 6.18 Å². The molecule has 11 heteroatoms. The Kier molecular flexibility index (Phi) is 6.77.